The normalized spacial score (nSPS) is 19.1. The van der Waals surface area contributed by atoms with Gasteiger partial charge in [0, 0.05) is 19.0 Å². The van der Waals surface area contributed by atoms with Gasteiger partial charge in [-0.2, -0.15) is 13.2 Å². The van der Waals surface area contributed by atoms with Crippen molar-refractivity contribution in [3.05, 3.63) is 0 Å². The molecular weight excluding hydrogens is 275 g/mol. The molecule has 4 nitrogen and oxygen atoms in total. The molecule has 0 radical (unpaired) electrons. The lowest BCUT2D eigenvalue weighted by molar-refractivity contribution is -0.219. The summed E-state index contributed by atoms with van der Waals surface area (Å²) >= 11 is 0. The third kappa shape index (κ3) is 4.38. The maximum absolute atomic E-state index is 12.3. The second-order valence-corrected chi connectivity index (χ2v) is 5.37. The van der Waals surface area contributed by atoms with Gasteiger partial charge in [-0.15, -0.1) is 0 Å². The Morgan fingerprint density at radius 3 is 2.05 bits per heavy atom. The predicted octanol–water partition coefficient (Wildman–Crippen LogP) is 2.38. The van der Waals surface area contributed by atoms with E-state index in [0.29, 0.717) is 25.9 Å². The minimum atomic E-state index is -4.54. The highest BCUT2D eigenvalue weighted by Crippen LogP contribution is 2.26. The smallest absolute Gasteiger partial charge is 0.425 e. The molecule has 0 aromatic rings. The highest BCUT2D eigenvalue weighted by Gasteiger charge is 2.40. The van der Waals surface area contributed by atoms with Crippen LogP contribution in [-0.4, -0.2) is 42.1 Å². The van der Waals surface area contributed by atoms with Crippen molar-refractivity contribution in [2.45, 2.75) is 45.9 Å². The molecule has 1 amide bonds. The van der Waals surface area contributed by atoms with Gasteiger partial charge in [0.25, 0.3) is 0 Å². The molecule has 1 rings (SSSR count). The zero-order valence-electron chi connectivity index (χ0n) is 11.9. The molecule has 116 valence electrons. The molecule has 1 aliphatic rings. The average Bonchev–Trinajstić information content (AvgIpc) is 2.36. The number of alkyl halides is 3. The average molecular weight is 295 g/mol. The first-order chi connectivity index (χ1) is 9.12. The summed E-state index contributed by atoms with van der Waals surface area (Å²) in [7, 11) is 0. The van der Waals surface area contributed by atoms with Gasteiger partial charge < -0.3 is 9.64 Å². The van der Waals surface area contributed by atoms with Crippen molar-refractivity contribution in [2.24, 2.45) is 11.8 Å². The van der Waals surface area contributed by atoms with Gasteiger partial charge in [-0.05, 0) is 19.8 Å². The Morgan fingerprint density at radius 1 is 1.15 bits per heavy atom. The van der Waals surface area contributed by atoms with Crippen LogP contribution in [0.15, 0.2) is 0 Å². The number of carbonyl (C=O) groups is 2. The fraction of sp³-hybridized carbons (Fsp3) is 0.846. The van der Waals surface area contributed by atoms with Gasteiger partial charge in [-0.3, -0.25) is 9.59 Å². The Bertz CT molecular complexity index is 360. The van der Waals surface area contributed by atoms with E-state index in [4.69, 9.17) is 0 Å². The van der Waals surface area contributed by atoms with Crippen LogP contribution in [0.2, 0.25) is 0 Å². The summed E-state index contributed by atoms with van der Waals surface area (Å²) in [5.41, 5.74) is 0. The minimum Gasteiger partial charge on any atom is -0.453 e. The van der Waals surface area contributed by atoms with Crippen molar-refractivity contribution in [2.75, 3.05) is 13.1 Å². The van der Waals surface area contributed by atoms with Crippen LogP contribution in [0.4, 0.5) is 13.2 Å². The standard InChI is InChI=1S/C13H20F3NO3/c1-8(2)11(18)17-6-4-10(5-7-17)12(19)20-9(3)13(14,15)16/h8-10H,4-7H2,1-3H3/t9-/m0/s1. The van der Waals surface area contributed by atoms with Crippen LogP contribution in [0.3, 0.4) is 0 Å². The lowest BCUT2D eigenvalue weighted by atomic mass is 9.96. The molecule has 0 aromatic heterocycles. The predicted molar refractivity (Wildman–Crippen MR) is 65.8 cm³/mol. The van der Waals surface area contributed by atoms with Crippen molar-refractivity contribution < 1.29 is 27.5 Å². The van der Waals surface area contributed by atoms with Gasteiger partial charge >= 0.3 is 12.1 Å². The Labute approximate surface area is 116 Å². The minimum absolute atomic E-state index is 0.000442. The Kier molecular flexibility index (Phi) is 5.42. The highest BCUT2D eigenvalue weighted by molar-refractivity contribution is 5.79. The lowest BCUT2D eigenvalue weighted by Crippen LogP contribution is -2.43. The van der Waals surface area contributed by atoms with E-state index < -0.39 is 24.2 Å². The van der Waals surface area contributed by atoms with Crippen LogP contribution in [0.1, 0.15) is 33.6 Å². The molecule has 1 heterocycles. The lowest BCUT2D eigenvalue weighted by Gasteiger charge is -2.32. The Hall–Kier alpha value is -1.27. The summed E-state index contributed by atoms with van der Waals surface area (Å²) in [5.74, 6) is -1.51. The first-order valence-corrected chi connectivity index (χ1v) is 6.69. The SMILES string of the molecule is CC(C)C(=O)N1CCC(C(=O)O[C@@H](C)C(F)(F)F)CC1. The second-order valence-electron chi connectivity index (χ2n) is 5.37. The number of piperidine rings is 1. The molecular formula is C13H20F3NO3. The van der Waals surface area contributed by atoms with Gasteiger partial charge in [0.15, 0.2) is 6.10 Å². The second kappa shape index (κ2) is 6.45. The fourth-order valence-corrected chi connectivity index (χ4v) is 2.04. The van der Waals surface area contributed by atoms with Crippen LogP contribution < -0.4 is 0 Å². The molecule has 0 bridgehead atoms. The third-order valence-corrected chi connectivity index (χ3v) is 3.39. The topological polar surface area (TPSA) is 46.6 Å². The first kappa shape index (κ1) is 16.8. The monoisotopic (exact) mass is 295 g/mol. The number of carbonyl (C=O) groups excluding carboxylic acids is 2. The zero-order chi connectivity index (χ0) is 15.5. The number of nitrogens with zero attached hydrogens (tertiary/aromatic N) is 1. The number of esters is 1. The number of amides is 1. The van der Waals surface area contributed by atoms with Crippen molar-refractivity contribution in [3.8, 4) is 0 Å². The molecule has 0 saturated carbocycles. The van der Waals surface area contributed by atoms with Crippen LogP contribution in [0.5, 0.6) is 0 Å². The Morgan fingerprint density at radius 2 is 1.65 bits per heavy atom. The number of likely N-dealkylation sites (tertiary alicyclic amines) is 1. The molecule has 0 spiro atoms. The van der Waals surface area contributed by atoms with Gasteiger partial charge in [-0.1, -0.05) is 13.8 Å². The summed E-state index contributed by atoms with van der Waals surface area (Å²) in [6, 6.07) is 0. The van der Waals surface area contributed by atoms with Gasteiger partial charge in [0.05, 0.1) is 5.92 Å². The van der Waals surface area contributed by atoms with Crippen molar-refractivity contribution in [3.63, 3.8) is 0 Å². The van der Waals surface area contributed by atoms with E-state index in [1.807, 2.05) is 0 Å². The molecule has 20 heavy (non-hydrogen) atoms. The van der Waals surface area contributed by atoms with E-state index in [-0.39, 0.29) is 11.8 Å². The quantitative estimate of drug-likeness (QED) is 0.751. The highest BCUT2D eigenvalue weighted by atomic mass is 19.4. The van der Waals surface area contributed by atoms with Gasteiger partial charge in [-0.25, -0.2) is 0 Å². The summed E-state index contributed by atoms with van der Waals surface area (Å²) in [6.07, 6.45) is -5.93. The largest absolute Gasteiger partial charge is 0.453 e. The number of rotatable bonds is 3. The van der Waals surface area contributed by atoms with Crippen LogP contribution in [0, 0.1) is 11.8 Å². The zero-order valence-corrected chi connectivity index (χ0v) is 11.9. The molecule has 0 N–H and O–H groups in total. The van der Waals surface area contributed by atoms with Crippen molar-refractivity contribution in [1.82, 2.24) is 4.90 Å². The molecule has 0 aliphatic carbocycles. The van der Waals surface area contributed by atoms with E-state index in [1.54, 1.807) is 18.7 Å². The molecule has 1 fully saturated rings. The molecule has 1 aliphatic heterocycles. The maximum atomic E-state index is 12.3. The maximum Gasteiger partial charge on any atom is 0.425 e. The van der Waals surface area contributed by atoms with E-state index in [0.717, 1.165) is 6.92 Å². The molecule has 1 atom stereocenters. The molecule has 7 heteroatoms. The number of hydrogen-bond donors (Lipinski definition) is 0. The van der Waals surface area contributed by atoms with Crippen molar-refractivity contribution >= 4 is 11.9 Å². The third-order valence-electron chi connectivity index (χ3n) is 3.39. The number of halogens is 3. The van der Waals surface area contributed by atoms with E-state index >= 15 is 0 Å². The summed E-state index contributed by atoms with van der Waals surface area (Å²) < 4.78 is 41.3. The van der Waals surface area contributed by atoms with Crippen LogP contribution in [-0.2, 0) is 14.3 Å². The summed E-state index contributed by atoms with van der Waals surface area (Å²) in [5, 5.41) is 0. The summed E-state index contributed by atoms with van der Waals surface area (Å²) in [4.78, 5) is 25.0. The molecule has 0 aromatic carbocycles. The van der Waals surface area contributed by atoms with Gasteiger partial charge in [0.1, 0.15) is 0 Å². The van der Waals surface area contributed by atoms with E-state index in [9.17, 15) is 22.8 Å². The number of ether oxygens (including phenoxy) is 1. The van der Waals surface area contributed by atoms with Gasteiger partial charge in [0.2, 0.25) is 5.91 Å². The van der Waals surface area contributed by atoms with E-state index in [1.165, 1.54) is 0 Å². The Balaban J connectivity index is 2.45. The molecule has 0 unspecified atom stereocenters. The summed E-state index contributed by atoms with van der Waals surface area (Å²) in [6.45, 7) is 5.16. The van der Waals surface area contributed by atoms with Crippen LogP contribution in [0.25, 0.3) is 0 Å². The number of hydrogen-bond acceptors (Lipinski definition) is 3. The van der Waals surface area contributed by atoms with E-state index in [2.05, 4.69) is 4.74 Å². The fourth-order valence-electron chi connectivity index (χ4n) is 2.04. The molecule has 1 saturated heterocycles. The first-order valence-electron chi connectivity index (χ1n) is 6.69. The van der Waals surface area contributed by atoms with Crippen LogP contribution >= 0.6 is 0 Å². The van der Waals surface area contributed by atoms with Crippen molar-refractivity contribution in [1.29, 1.82) is 0 Å².